The number of rotatable bonds is 3. The smallest absolute Gasteiger partial charge is 0.197 e. The number of aldehydes is 1. The Balaban J connectivity index is 2.42. The highest BCUT2D eigenvalue weighted by Gasteiger charge is 2.15. The monoisotopic (exact) mass is 264 g/mol. The summed E-state index contributed by atoms with van der Waals surface area (Å²) in [6.45, 7) is 1.77. The Labute approximate surface area is 108 Å². The Morgan fingerprint density at radius 1 is 1.33 bits per heavy atom. The number of aromatic nitrogens is 4. The molecule has 2 aromatic heterocycles. The van der Waals surface area contributed by atoms with Crippen LogP contribution in [0, 0.1) is 6.92 Å². The Bertz CT molecular complexity index is 588. The van der Waals surface area contributed by atoms with Gasteiger partial charge in [0.1, 0.15) is 16.7 Å². The number of nitrogen functional groups attached to an aromatic ring is 2. The molecule has 0 unspecified atom stereocenters. The van der Waals surface area contributed by atoms with E-state index in [-0.39, 0.29) is 11.6 Å². The summed E-state index contributed by atoms with van der Waals surface area (Å²) in [4.78, 5) is 19.1. The quantitative estimate of drug-likeness (QED) is 0.618. The van der Waals surface area contributed by atoms with Crippen molar-refractivity contribution in [2.45, 2.75) is 17.1 Å². The molecule has 0 aliphatic heterocycles. The minimum Gasteiger partial charge on any atom is -0.383 e. The molecule has 0 saturated heterocycles. The average Bonchev–Trinajstić information content (AvgIpc) is 2.52. The molecule has 0 atom stereocenters. The Morgan fingerprint density at radius 2 is 1.94 bits per heavy atom. The van der Waals surface area contributed by atoms with Gasteiger partial charge in [-0.25, -0.2) is 9.97 Å². The van der Waals surface area contributed by atoms with Crippen molar-refractivity contribution in [1.82, 2.24) is 19.7 Å². The van der Waals surface area contributed by atoms with Crippen molar-refractivity contribution in [3.63, 3.8) is 0 Å². The molecule has 0 aliphatic rings. The molecule has 2 heterocycles. The summed E-state index contributed by atoms with van der Waals surface area (Å²) in [6, 6.07) is 1.47. The van der Waals surface area contributed by atoms with Crippen LogP contribution in [0.4, 0.5) is 11.6 Å². The summed E-state index contributed by atoms with van der Waals surface area (Å²) < 4.78 is 1.60. The molecule has 0 spiro atoms. The van der Waals surface area contributed by atoms with E-state index >= 15 is 0 Å². The van der Waals surface area contributed by atoms with Crippen molar-refractivity contribution in [2.24, 2.45) is 7.05 Å². The fraction of sp³-hybridized carbons (Fsp3) is 0.200. The third kappa shape index (κ3) is 2.28. The summed E-state index contributed by atoms with van der Waals surface area (Å²) in [5.74, 6) is 0.577. The van der Waals surface area contributed by atoms with Crippen LogP contribution in [0.2, 0.25) is 0 Å². The van der Waals surface area contributed by atoms with E-state index in [4.69, 9.17) is 11.5 Å². The van der Waals surface area contributed by atoms with E-state index in [0.717, 1.165) is 6.29 Å². The highest BCUT2D eigenvalue weighted by atomic mass is 32.2. The van der Waals surface area contributed by atoms with Crippen molar-refractivity contribution >= 4 is 29.7 Å². The molecule has 0 amide bonds. The van der Waals surface area contributed by atoms with Crippen LogP contribution in [0.3, 0.4) is 0 Å². The van der Waals surface area contributed by atoms with Gasteiger partial charge < -0.3 is 11.5 Å². The third-order valence-corrected chi connectivity index (χ3v) is 3.31. The fourth-order valence-electron chi connectivity index (χ4n) is 1.50. The Morgan fingerprint density at radius 3 is 2.50 bits per heavy atom. The maximum atomic E-state index is 11.0. The van der Waals surface area contributed by atoms with Gasteiger partial charge in [-0.3, -0.25) is 9.48 Å². The van der Waals surface area contributed by atoms with E-state index in [2.05, 4.69) is 15.1 Å². The van der Waals surface area contributed by atoms with Crippen molar-refractivity contribution in [3.05, 3.63) is 17.3 Å². The van der Waals surface area contributed by atoms with Crippen molar-refractivity contribution < 1.29 is 4.79 Å². The zero-order valence-electron chi connectivity index (χ0n) is 9.91. The van der Waals surface area contributed by atoms with Crippen LogP contribution in [0.1, 0.15) is 16.1 Å². The average molecular weight is 264 g/mol. The van der Waals surface area contributed by atoms with E-state index < -0.39 is 0 Å². The molecule has 2 aromatic rings. The molecule has 8 heteroatoms. The number of hydrogen-bond acceptors (Lipinski definition) is 7. The van der Waals surface area contributed by atoms with Gasteiger partial charge in [-0.15, -0.1) is 0 Å². The number of carbonyl (C=O) groups is 1. The number of nitrogens with zero attached hydrogens (tertiary/aromatic N) is 4. The highest BCUT2D eigenvalue weighted by molar-refractivity contribution is 7.99. The van der Waals surface area contributed by atoms with Crippen molar-refractivity contribution in [1.29, 1.82) is 0 Å². The van der Waals surface area contributed by atoms with Gasteiger partial charge in [0, 0.05) is 13.1 Å². The summed E-state index contributed by atoms with van der Waals surface area (Å²) in [6.07, 6.45) is 0.764. The van der Waals surface area contributed by atoms with Gasteiger partial charge in [0.2, 0.25) is 0 Å². The predicted molar refractivity (Wildman–Crippen MR) is 68.3 cm³/mol. The van der Waals surface area contributed by atoms with Crippen LogP contribution >= 0.6 is 11.8 Å². The molecule has 0 saturated carbocycles. The molecule has 0 aromatic carbocycles. The highest BCUT2D eigenvalue weighted by Crippen LogP contribution is 2.29. The normalized spacial score (nSPS) is 10.6. The minimum atomic E-state index is 0.288. The second kappa shape index (κ2) is 4.65. The molecule has 4 N–H and O–H groups in total. The van der Waals surface area contributed by atoms with Gasteiger partial charge in [-0.1, -0.05) is 0 Å². The second-order valence-electron chi connectivity index (χ2n) is 3.65. The minimum absolute atomic E-state index is 0.288. The van der Waals surface area contributed by atoms with Crippen LogP contribution in [-0.4, -0.2) is 26.0 Å². The number of hydrogen-bond donors (Lipinski definition) is 2. The molecule has 0 fully saturated rings. The molecule has 2 rings (SSSR count). The summed E-state index contributed by atoms with van der Waals surface area (Å²) in [5, 5.41) is 5.22. The van der Waals surface area contributed by atoms with Crippen LogP contribution in [-0.2, 0) is 7.05 Å². The SMILES string of the molecule is Cc1nn(C)c(Sc2nc(N)cc(N)n2)c1C=O. The van der Waals surface area contributed by atoms with Gasteiger partial charge in [0.05, 0.1) is 11.3 Å². The van der Waals surface area contributed by atoms with Gasteiger partial charge in [0.15, 0.2) is 11.4 Å². The Kier molecular flexibility index (Phi) is 3.19. The van der Waals surface area contributed by atoms with E-state index in [1.54, 1.807) is 18.7 Å². The lowest BCUT2D eigenvalue weighted by Crippen LogP contribution is -2.00. The molecule has 94 valence electrons. The number of anilines is 2. The van der Waals surface area contributed by atoms with Crippen LogP contribution < -0.4 is 11.5 Å². The van der Waals surface area contributed by atoms with Crippen molar-refractivity contribution in [2.75, 3.05) is 11.5 Å². The van der Waals surface area contributed by atoms with Crippen LogP contribution in [0.15, 0.2) is 16.2 Å². The zero-order chi connectivity index (χ0) is 13.3. The van der Waals surface area contributed by atoms with Crippen LogP contribution in [0.25, 0.3) is 0 Å². The molecule has 0 bridgehead atoms. The number of carbonyl (C=O) groups excluding carboxylic acids is 1. The molecular formula is C10H12N6OS. The molecular weight excluding hydrogens is 252 g/mol. The van der Waals surface area contributed by atoms with E-state index in [1.165, 1.54) is 17.8 Å². The van der Waals surface area contributed by atoms with Gasteiger partial charge in [0.25, 0.3) is 0 Å². The third-order valence-electron chi connectivity index (χ3n) is 2.27. The molecule has 7 nitrogen and oxygen atoms in total. The maximum absolute atomic E-state index is 11.0. The first kappa shape index (κ1) is 12.4. The lowest BCUT2D eigenvalue weighted by Gasteiger charge is -2.03. The van der Waals surface area contributed by atoms with Gasteiger partial charge in [-0.05, 0) is 18.7 Å². The van der Waals surface area contributed by atoms with Gasteiger partial charge in [-0.2, -0.15) is 5.10 Å². The first-order chi connectivity index (χ1) is 8.51. The number of nitrogens with two attached hydrogens (primary N) is 2. The van der Waals surface area contributed by atoms with Crippen molar-refractivity contribution in [3.8, 4) is 0 Å². The zero-order valence-corrected chi connectivity index (χ0v) is 10.7. The fourth-order valence-corrected chi connectivity index (χ4v) is 2.46. The van der Waals surface area contributed by atoms with E-state index in [0.29, 0.717) is 21.4 Å². The summed E-state index contributed by atoms with van der Waals surface area (Å²) in [5.41, 5.74) is 12.4. The summed E-state index contributed by atoms with van der Waals surface area (Å²) >= 11 is 1.20. The number of aryl methyl sites for hydroxylation is 2. The topological polar surface area (TPSA) is 113 Å². The van der Waals surface area contributed by atoms with Crippen LogP contribution in [0.5, 0.6) is 0 Å². The predicted octanol–water partition coefficient (Wildman–Crippen LogP) is 0.647. The molecule has 0 radical (unpaired) electrons. The van der Waals surface area contributed by atoms with E-state index in [1.807, 2.05) is 0 Å². The molecule has 18 heavy (non-hydrogen) atoms. The maximum Gasteiger partial charge on any atom is 0.197 e. The Hall–Kier alpha value is -2.09. The first-order valence-corrected chi connectivity index (χ1v) is 5.89. The first-order valence-electron chi connectivity index (χ1n) is 5.08. The van der Waals surface area contributed by atoms with E-state index in [9.17, 15) is 4.79 Å². The lowest BCUT2D eigenvalue weighted by atomic mass is 10.3. The standard InChI is InChI=1S/C10H12N6OS/c1-5-6(4-17)9(16(2)15-5)18-10-13-7(11)3-8(12)14-10/h3-4H,1-2H3,(H4,11,12,13,14). The second-order valence-corrected chi connectivity index (χ2v) is 4.60. The molecule has 0 aliphatic carbocycles. The largest absolute Gasteiger partial charge is 0.383 e. The van der Waals surface area contributed by atoms with Gasteiger partial charge >= 0.3 is 0 Å². The lowest BCUT2D eigenvalue weighted by molar-refractivity contribution is 0.112. The summed E-state index contributed by atoms with van der Waals surface area (Å²) in [7, 11) is 1.75.